The molecule has 0 atom stereocenters. The van der Waals surface area contributed by atoms with Crippen molar-refractivity contribution >= 4 is 0 Å². The summed E-state index contributed by atoms with van der Waals surface area (Å²) in [7, 11) is 0. The summed E-state index contributed by atoms with van der Waals surface area (Å²) in [6.45, 7) is 8.49. The van der Waals surface area contributed by atoms with Gasteiger partial charge in [0.15, 0.2) is 0 Å². The number of rotatable bonds is 5. The van der Waals surface area contributed by atoms with E-state index in [2.05, 4.69) is 26.1 Å². The Balaban J connectivity index is 2.25. The van der Waals surface area contributed by atoms with Gasteiger partial charge in [0.2, 0.25) is 0 Å². The van der Waals surface area contributed by atoms with Crippen LogP contribution < -0.4 is 5.32 Å². The second-order valence-electron chi connectivity index (χ2n) is 4.92. The molecule has 0 unspecified atom stereocenters. The van der Waals surface area contributed by atoms with Crippen LogP contribution in [0.3, 0.4) is 0 Å². The molecule has 1 aliphatic carbocycles. The van der Waals surface area contributed by atoms with Gasteiger partial charge in [-0.1, -0.05) is 26.2 Å². The largest absolute Gasteiger partial charge is 0.371 e. The standard InChI is InChI=1S/C12H25NO/c1-4-13-10-12(2,3)14-11-8-6-5-7-9-11/h11,13H,4-10H2,1-3H3. The van der Waals surface area contributed by atoms with Gasteiger partial charge in [-0.05, 0) is 33.2 Å². The van der Waals surface area contributed by atoms with E-state index < -0.39 is 0 Å². The van der Waals surface area contributed by atoms with Crippen LogP contribution in [0, 0.1) is 0 Å². The lowest BCUT2D eigenvalue weighted by Crippen LogP contribution is -2.41. The van der Waals surface area contributed by atoms with Gasteiger partial charge in [-0.25, -0.2) is 0 Å². The first-order valence-electron chi connectivity index (χ1n) is 6.02. The van der Waals surface area contributed by atoms with Crippen LogP contribution in [0.4, 0.5) is 0 Å². The third-order valence-corrected chi connectivity index (χ3v) is 2.84. The van der Waals surface area contributed by atoms with Crippen molar-refractivity contribution in [3.05, 3.63) is 0 Å². The van der Waals surface area contributed by atoms with Gasteiger partial charge in [-0.3, -0.25) is 0 Å². The molecule has 0 aromatic carbocycles. The van der Waals surface area contributed by atoms with Crippen LogP contribution in [0.2, 0.25) is 0 Å². The second kappa shape index (κ2) is 5.72. The predicted octanol–water partition coefficient (Wildman–Crippen LogP) is 2.72. The SMILES string of the molecule is CCNCC(C)(C)OC1CCCCC1. The summed E-state index contributed by atoms with van der Waals surface area (Å²) < 4.78 is 6.12. The first kappa shape index (κ1) is 12.0. The normalized spacial score (nSPS) is 19.9. The van der Waals surface area contributed by atoms with E-state index in [1.165, 1.54) is 32.1 Å². The molecule has 0 aliphatic heterocycles. The van der Waals surface area contributed by atoms with E-state index in [4.69, 9.17) is 4.74 Å². The van der Waals surface area contributed by atoms with E-state index in [1.54, 1.807) is 0 Å². The average Bonchev–Trinajstić information content (AvgIpc) is 2.16. The lowest BCUT2D eigenvalue weighted by Gasteiger charge is -2.33. The van der Waals surface area contributed by atoms with Gasteiger partial charge >= 0.3 is 0 Å². The molecular weight excluding hydrogens is 174 g/mol. The smallest absolute Gasteiger partial charge is 0.0754 e. The van der Waals surface area contributed by atoms with Crippen molar-refractivity contribution in [2.45, 2.75) is 64.6 Å². The molecule has 1 fully saturated rings. The van der Waals surface area contributed by atoms with Gasteiger partial charge in [0.1, 0.15) is 0 Å². The van der Waals surface area contributed by atoms with E-state index >= 15 is 0 Å². The Morgan fingerprint density at radius 3 is 2.43 bits per heavy atom. The van der Waals surface area contributed by atoms with E-state index in [1.807, 2.05) is 0 Å². The number of hydrogen-bond acceptors (Lipinski definition) is 2. The Morgan fingerprint density at radius 2 is 1.86 bits per heavy atom. The highest BCUT2D eigenvalue weighted by atomic mass is 16.5. The molecule has 0 aromatic heterocycles. The van der Waals surface area contributed by atoms with Crippen LogP contribution in [-0.4, -0.2) is 24.8 Å². The molecule has 0 radical (unpaired) electrons. The number of likely N-dealkylation sites (N-methyl/N-ethyl adjacent to an activating group) is 1. The zero-order chi connectivity index (χ0) is 10.4. The molecule has 0 saturated heterocycles. The maximum atomic E-state index is 6.12. The zero-order valence-corrected chi connectivity index (χ0v) is 9.94. The van der Waals surface area contributed by atoms with Crippen LogP contribution in [0.5, 0.6) is 0 Å². The van der Waals surface area contributed by atoms with Crippen molar-refractivity contribution < 1.29 is 4.74 Å². The summed E-state index contributed by atoms with van der Waals surface area (Å²) in [4.78, 5) is 0. The number of nitrogens with one attached hydrogen (secondary N) is 1. The van der Waals surface area contributed by atoms with Crippen molar-refractivity contribution in [3.63, 3.8) is 0 Å². The van der Waals surface area contributed by atoms with Crippen LogP contribution in [0.15, 0.2) is 0 Å². The molecule has 2 nitrogen and oxygen atoms in total. The van der Waals surface area contributed by atoms with Crippen molar-refractivity contribution in [2.75, 3.05) is 13.1 Å². The molecule has 0 heterocycles. The van der Waals surface area contributed by atoms with Gasteiger partial charge in [-0.15, -0.1) is 0 Å². The Morgan fingerprint density at radius 1 is 1.21 bits per heavy atom. The third-order valence-electron chi connectivity index (χ3n) is 2.84. The fourth-order valence-corrected chi connectivity index (χ4v) is 2.10. The fraction of sp³-hybridized carbons (Fsp3) is 1.00. The van der Waals surface area contributed by atoms with Crippen LogP contribution in [0.1, 0.15) is 52.9 Å². The summed E-state index contributed by atoms with van der Waals surface area (Å²) >= 11 is 0. The molecule has 0 spiro atoms. The minimum atomic E-state index is -0.00197. The van der Waals surface area contributed by atoms with Crippen LogP contribution in [-0.2, 0) is 4.74 Å². The van der Waals surface area contributed by atoms with Gasteiger partial charge in [0.25, 0.3) is 0 Å². The first-order valence-corrected chi connectivity index (χ1v) is 6.02. The topological polar surface area (TPSA) is 21.3 Å². The molecule has 0 bridgehead atoms. The zero-order valence-electron chi connectivity index (χ0n) is 9.94. The van der Waals surface area contributed by atoms with Gasteiger partial charge in [0.05, 0.1) is 11.7 Å². The van der Waals surface area contributed by atoms with E-state index in [-0.39, 0.29) is 5.60 Å². The minimum Gasteiger partial charge on any atom is -0.371 e. The molecule has 1 N–H and O–H groups in total. The summed E-state index contributed by atoms with van der Waals surface area (Å²) in [6.07, 6.45) is 7.13. The fourth-order valence-electron chi connectivity index (χ4n) is 2.10. The number of ether oxygens (including phenoxy) is 1. The first-order chi connectivity index (χ1) is 6.64. The summed E-state index contributed by atoms with van der Waals surface area (Å²) in [5.41, 5.74) is -0.00197. The predicted molar refractivity (Wildman–Crippen MR) is 60.6 cm³/mol. The average molecular weight is 199 g/mol. The third kappa shape index (κ3) is 4.43. The van der Waals surface area contributed by atoms with E-state index in [9.17, 15) is 0 Å². The minimum absolute atomic E-state index is 0.00197. The summed E-state index contributed by atoms with van der Waals surface area (Å²) in [6, 6.07) is 0. The molecule has 0 aromatic rings. The molecular formula is C12H25NO. The quantitative estimate of drug-likeness (QED) is 0.735. The molecule has 14 heavy (non-hydrogen) atoms. The highest BCUT2D eigenvalue weighted by Crippen LogP contribution is 2.24. The van der Waals surface area contributed by atoms with E-state index in [0.717, 1.165) is 13.1 Å². The van der Waals surface area contributed by atoms with Crippen molar-refractivity contribution in [1.29, 1.82) is 0 Å². The van der Waals surface area contributed by atoms with Gasteiger partial charge in [-0.2, -0.15) is 0 Å². The molecule has 1 aliphatic rings. The van der Waals surface area contributed by atoms with Crippen molar-refractivity contribution in [1.82, 2.24) is 5.32 Å². The summed E-state index contributed by atoms with van der Waals surface area (Å²) in [5, 5.41) is 3.35. The molecule has 0 amide bonds. The maximum absolute atomic E-state index is 6.12. The van der Waals surface area contributed by atoms with Crippen molar-refractivity contribution in [2.24, 2.45) is 0 Å². The monoisotopic (exact) mass is 199 g/mol. The molecule has 2 heteroatoms. The highest BCUT2D eigenvalue weighted by Gasteiger charge is 2.24. The Bertz CT molecular complexity index is 150. The lowest BCUT2D eigenvalue weighted by atomic mass is 9.97. The van der Waals surface area contributed by atoms with Crippen LogP contribution >= 0.6 is 0 Å². The lowest BCUT2D eigenvalue weighted by molar-refractivity contribution is -0.0823. The Kier molecular flexibility index (Phi) is 4.90. The summed E-state index contributed by atoms with van der Waals surface area (Å²) in [5.74, 6) is 0. The Labute approximate surface area is 88.4 Å². The number of hydrogen-bond donors (Lipinski definition) is 1. The van der Waals surface area contributed by atoms with Crippen molar-refractivity contribution in [3.8, 4) is 0 Å². The molecule has 1 saturated carbocycles. The molecule has 84 valence electrons. The van der Waals surface area contributed by atoms with Crippen LogP contribution in [0.25, 0.3) is 0 Å². The molecule has 1 rings (SSSR count). The maximum Gasteiger partial charge on any atom is 0.0754 e. The second-order valence-corrected chi connectivity index (χ2v) is 4.92. The van der Waals surface area contributed by atoms with E-state index in [0.29, 0.717) is 6.10 Å². The Hall–Kier alpha value is -0.0800. The van der Waals surface area contributed by atoms with Gasteiger partial charge < -0.3 is 10.1 Å². The highest BCUT2D eigenvalue weighted by molar-refractivity contribution is 4.76. The van der Waals surface area contributed by atoms with Gasteiger partial charge in [0, 0.05) is 6.54 Å².